The predicted molar refractivity (Wildman–Crippen MR) is 198 cm³/mol. The van der Waals surface area contributed by atoms with Crippen LogP contribution >= 0.6 is 11.3 Å². The summed E-state index contributed by atoms with van der Waals surface area (Å²) in [7, 11) is 3.35. The molecule has 0 radical (unpaired) electrons. The van der Waals surface area contributed by atoms with Crippen LogP contribution in [0.4, 0.5) is 4.79 Å². The Labute approximate surface area is 305 Å². The first-order valence-electron chi connectivity index (χ1n) is 17.5. The van der Waals surface area contributed by atoms with Gasteiger partial charge in [-0.15, -0.1) is 5.06 Å². The van der Waals surface area contributed by atoms with E-state index in [0.717, 1.165) is 52.0 Å². The third-order valence-corrected chi connectivity index (χ3v) is 9.12. The van der Waals surface area contributed by atoms with Crippen LogP contribution in [0.15, 0.2) is 71.4 Å². The van der Waals surface area contributed by atoms with E-state index in [4.69, 9.17) is 38.0 Å². The van der Waals surface area contributed by atoms with Crippen molar-refractivity contribution in [3.8, 4) is 17.2 Å². The topological polar surface area (TPSA) is 94.2 Å². The average molecular weight is 722 g/mol. The van der Waals surface area contributed by atoms with Gasteiger partial charge in [-0.3, -0.25) is 0 Å². The molecule has 0 N–H and O–H groups in total. The summed E-state index contributed by atoms with van der Waals surface area (Å²) < 4.78 is 41.0. The highest BCUT2D eigenvalue weighted by Gasteiger charge is 2.34. The van der Waals surface area contributed by atoms with E-state index in [1.807, 2.05) is 57.2 Å². The van der Waals surface area contributed by atoms with Gasteiger partial charge in [0.25, 0.3) is 0 Å². The van der Waals surface area contributed by atoms with E-state index in [0.29, 0.717) is 59.2 Å². The highest BCUT2D eigenvalue weighted by molar-refractivity contribution is 7.07. The Morgan fingerprint density at radius 2 is 1.67 bits per heavy atom. The molecule has 0 saturated carbocycles. The van der Waals surface area contributed by atoms with Gasteiger partial charge in [0.2, 0.25) is 0 Å². The van der Waals surface area contributed by atoms with Crippen LogP contribution in [-0.2, 0) is 37.0 Å². The largest absolute Gasteiger partial charge is 0.528 e. The van der Waals surface area contributed by atoms with Gasteiger partial charge in [-0.1, -0.05) is 24.3 Å². The van der Waals surface area contributed by atoms with Crippen LogP contribution in [0.3, 0.4) is 0 Å². The lowest BCUT2D eigenvalue weighted by Crippen LogP contribution is -2.45. The fourth-order valence-corrected chi connectivity index (χ4v) is 6.63. The molecule has 0 bridgehead atoms. The van der Waals surface area contributed by atoms with Crippen LogP contribution in [0.5, 0.6) is 17.2 Å². The number of hydroxylamine groups is 2. The number of ether oxygens (including phenoxy) is 7. The molecule has 0 spiro atoms. The Balaban J connectivity index is 1.26. The zero-order valence-electron chi connectivity index (χ0n) is 30.4. The number of rotatable bonds is 18. The van der Waals surface area contributed by atoms with Gasteiger partial charge in [0.1, 0.15) is 22.8 Å². The lowest BCUT2D eigenvalue weighted by atomic mass is 9.87. The molecule has 2 atom stereocenters. The van der Waals surface area contributed by atoms with Crippen molar-refractivity contribution in [2.45, 2.75) is 70.9 Å². The van der Waals surface area contributed by atoms with Crippen LogP contribution in [0.1, 0.15) is 62.6 Å². The molecule has 51 heavy (non-hydrogen) atoms. The van der Waals surface area contributed by atoms with Crippen molar-refractivity contribution < 1.29 is 42.8 Å². The van der Waals surface area contributed by atoms with E-state index in [1.54, 1.807) is 30.6 Å². The van der Waals surface area contributed by atoms with E-state index in [1.165, 1.54) is 5.56 Å². The van der Waals surface area contributed by atoms with Gasteiger partial charge in [0, 0.05) is 49.8 Å². The van der Waals surface area contributed by atoms with Crippen molar-refractivity contribution in [1.82, 2.24) is 5.06 Å². The number of piperidine rings is 1. The number of hydrogen-bond donors (Lipinski definition) is 0. The Morgan fingerprint density at radius 1 is 0.863 bits per heavy atom. The fraction of sp³-hybridized carbons (Fsp3) is 0.475. The molecular weight excluding hydrogens is 671 g/mol. The van der Waals surface area contributed by atoms with Gasteiger partial charge in [0.05, 0.1) is 52.8 Å². The summed E-state index contributed by atoms with van der Waals surface area (Å²) in [5.41, 5.74) is 2.62. The van der Waals surface area contributed by atoms with Crippen LogP contribution in [0.2, 0.25) is 0 Å². The molecule has 276 valence electrons. The summed E-state index contributed by atoms with van der Waals surface area (Å²) in [4.78, 5) is 18.2. The molecule has 11 heteroatoms. The van der Waals surface area contributed by atoms with E-state index in [-0.39, 0.29) is 12.0 Å². The summed E-state index contributed by atoms with van der Waals surface area (Å²) in [6.45, 7) is 9.66. The number of thiophene rings is 1. The summed E-state index contributed by atoms with van der Waals surface area (Å²) in [6.07, 6.45) is 1.28. The number of methoxy groups -OCH3 is 2. The van der Waals surface area contributed by atoms with Crippen molar-refractivity contribution in [2.24, 2.45) is 0 Å². The van der Waals surface area contributed by atoms with Gasteiger partial charge in [-0.2, -0.15) is 11.3 Å². The quantitative estimate of drug-likeness (QED) is 0.0735. The monoisotopic (exact) mass is 721 g/mol. The lowest BCUT2D eigenvalue weighted by Gasteiger charge is -2.37. The van der Waals surface area contributed by atoms with Gasteiger partial charge in [-0.25, -0.2) is 4.79 Å². The molecule has 1 aliphatic heterocycles. The average Bonchev–Trinajstić information content (AvgIpc) is 3.64. The molecule has 4 aromatic rings. The summed E-state index contributed by atoms with van der Waals surface area (Å²) in [6, 6.07) is 20.3. The third-order valence-electron chi connectivity index (χ3n) is 8.39. The van der Waals surface area contributed by atoms with Gasteiger partial charge < -0.3 is 38.0 Å². The van der Waals surface area contributed by atoms with Crippen molar-refractivity contribution >= 4 is 28.3 Å². The van der Waals surface area contributed by atoms with Gasteiger partial charge in [0.15, 0.2) is 0 Å². The first-order valence-corrected chi connectivity index (χ1v) is 18.5. The number of benzene rings is 3. The molecule has 2 heterocycles. The number of nitrogens with zero attached hydrogens (tertiary/aromatic N) is 1. The highest BCUT2D eigenvalue weighted by atomic mass is 32.1. The molecule has 1 saturated heterocycles. The Hall–Kier alpha value is -3.87. The molecule has 10 nitrogen and oxygen atoms in total. The summed E-state index contributed by atoms with van der Waals surface area (Å²) >= 11 is 1.68. The minimum Gasteiger partial charge on any atom is -0.496 e. The second-order valence-electron chi connectivity index (χ2n) is 13.5. The van der Waals surface area contributed by atoms with Crippen LogP contribution < -0.4 is 14.2 Å². The van der Waals surface area contributed by atoms with E-state index in [2.05, 4.69) is 35.0 Å². The minimum atomic E-state index is -0.727. The molecule has 1 aromatic heterocycles. The van der Waals surface area contributed by atoms with Crippen LogP contribution in [0, 0.1) is 0 Å². The zero-order chi connectivity index (χ0) is 36.1. The highest BCUT2D eigenvalue weighted by Crippen LogP contribution is 2.36. The molecular formula is C40H51NO9S. The SMILES string of the molecule is COCCCOc1cc(COC2CN(OC(=O)OC(C)(C)C)CCC2c2ccc(OCCCOCc3ccsc3)cc2)cc2c(OC)cccc12. The third kappa shape index (κ3) is 11.8. The molecule has 0 aliphatic carbocycles. The molecule has 3 aromatic carbocycles. The van der Waals surface area contributed by atoms with Crippen molar-refractivity contribution in [2.75, 3.05) is 53.7 Å². The molecule has 5 rings (SSSR count). The maximum Gasteiger partial charge on any atom is 0.528 e. The molecule has 0 amide bonds. The number of carbonyl (C=O) groups is 1. The number of hydrogen-bond acceptors (Lipinski definition) is 11. The first kappa shape index (κ1) is 38.4. The Morgan fingerprint density at radius 3 is 2.41 bits per heavy atom. The van der Waals surface area contributed by atoms with E-state index in [9.17, 15) is 4.79 Å². The van der Waals surface area contributed by atoms with Gasteiger partial charge >= 0.3 is 6.16 Å². The number of fused-ring (bicyclic) bond motifs is 1. The van der Waals surface area contributed by atoms with Crippen molar-refractivity contribution in [1.29, 1.82) is 0 Å². The standard InChI is InChI=1S/C40H51NO9S/c1-40(2,3)49-39(42)50-41-17-15-33(31-11-13-32(14-12-31)46-20-8-19-45-26-29-16-22-51-28-29)38(25-41)48-27-30-23-35-34(9-6-10-36(35)44-5)37(24-30)47-21-7-18-43-4/h6,9-14,16,22-24,28,33,38H,7-8,15,17-21,25-27H2,1-5H3. The maximum atomic E-state index is 12.6. The summed E-state index contributed by atoms with van der Waals surface area (Å²) in [5, 5.41) is 7.71. The fourth-order valence-electron chi connectivity index (χ4n) is 5.97. The second-order valence-corrected chi connectivity index (χ2v) is 14.3. The van der Waals surface area contributed by atoms with Gasteiger partial charge in [-0.05, 0) is 91.0 Å². The summed E-state index contributed by atoms with van der Waals surface area (Å²) in [5.74, 6) is 2.39. The normalized spacial score (nSPS) is 16.6. The smallest absolute Gasteiger partial charge is 0.496 e. The Kier molecular flexibility index (Phi) is 14.4. The zero-order valence-corrected chi connectivity index (χ0v) is 31.2. The maximum absolute atomic E-state index is 12.6. The second kappa shape index (κ2) is 19.1. The van der Waals surface area contributed by atoms with Crippen molar-refractivity contribution in [3.05, 3.63) is 88.1 Å². The molecule has 1 aliphatic rings. The first-order chi connectivity index (χ1) is 24.7. The van der Waals surface area contributed by atoms with E-state index >= 15 is 0 Å². The molecule has 1 fully saturated rings. The predicted octanol–water partition coefficient (Wildman–Crippen LogP) is 8.55. The van der Waals surface area contributed by atoms with Crippen molar-refractivity contribution in [3.63, 3.8) is 0 Å². The number of carbonyl (C=O) groups excluding carboxylic acids is 1. The van der Waals surface area contributed by atoms with Crippen LogP contribution in [-0.4, -0.2) is 76.7 Å². The minimum absolute atomic E-state index is 0.0581. The molecule has 2 unspecified atom stereocenters. The van der Waals surface area contributed by atoms with E-state index < -0.39 is 11.8 Å². The Bertz CT molecular complexity index is 1640. The lowest BCUT2D eigenvalue weighted by molar-refractivity contribution is -0.179. The van der Waals surface area contributed by atoms with Crippen LogP contribution in [0.25, 0.3) is 10.8 Å².